The fraction of sp³-hybridized carbons (Fsp3) is 0.158. The average molecular weight is 248 g/mol. The highest BCUT2D eigenvalue weighted by Gasteiger charge is 1.95. The third kappa shape index (κ3) is 3.45. The molecule has 0 saturated carbocycles. The maximum Gasteiger partial charge on any atom is -0.0178 e. The molecule has 0 bridgehead atoms. The normalized spacial score (nSPS) is 12.9. The van der Waals surface area contributed by atoms with Crippen molar-refractivity contribution in [2.45, 2.75) is 20.8 Å². The van der Waals surface area contributed by atoms with Crippen molar-refractivity contribution >= 4 is 16.8 Å². The van der Waals surface area contributed by atoms with E-state index >= 15 is 0 Å². The smallest absolute Gasteiger partial charge is 0.0178 e. The molecule has 2 rings (SSSR count). The standard InChI is InChI=1S/C19H20/c1-4-6-16(5-2)8-9-17-10-12-18-13-15(3)7-11-19(18)14-17/h4-14H,1-3H3/b6-4-,9-8+,16-5+. The first-order valence-corrected chi connectivity index (χ1v) is 6.70. The van der Waals surface area contributed by atoms with Crippen molar-refractivity contribution in [2.75, 3.05) is 0 Å². The number of allylic oxidation sites excluding steroid dienone is 5. The van der Waals surface area contributed by atoms with Gasteiger partial charge in [-0.25, -0.2) is 0 Å². The predicted octanol–water partition coefficient (Wildman–Crippen LogP) is 5.68. The molecule has 0 saturated heterocycles. The molecule has 0 N–H and O–H groups in total. The second kappa shape index (κ2) is 6.19. The summed E-state index contributed by atoms with van der Waals surface area (Å²) in [4.78, 5) is 0. The number of hydrogen-bond donors (Lipinski definition) is 0. The Hall–Kier alpha value is -2.08. The summed E-state index contributed by atoms with van der Waals surface area (Å²) in [7, 11) is 0. The first-order valence-electron chi connectivity index (χ1n) is 6.70. The van der Waals surface area contributed by atoms with E-state index in [-0.39, 0.29) is 0 Å². The zero-order valence-electron chi connectivity index (χ0n) is 11.9. The topological polar surface area (TPSA) is 0 Å². The second-order valence-electron chi connectivity index (χ2n) is 4.73. The fourth-order valence-corrected chi connectivity index (χ4v) is 2.12. The largest absolute Gasteiger partial charge is 0.0871 e. The molecule has 19 heavy (non-hydrogen) atoms. The van der Waals surface area contributed by atoms with Crippen molar-refractivity contribution in [1.82, 2.24) is 0 Å². The molecule has 0 aliphatic rings. The van der Waals surface area contributed by atoms with Crippen molar-refractivity contribution in [2.24, 2.45) is 0 Å². The fourth-order valence-electron chi connectivity index (χ4n) is 2.12. The van der Waals surface area contributed by atoms with Crippen LogP contribution < -0.4 is 0 Å². The summed E-state index contributed by atoms with van der Waals surface area (Å²) in [5.74, 6) is 0. The van der Waals surface area contributed by atoms with Crippen LogP contribution in [0.25, 0.3) is 16.8 Å². The van der Waals surface area contributed by atoms with Crippen LogP contribution in [0.1, 0.15) is 25.0 Å². The molecule has 0 unspecified atom stereocenters. The molecule has 0 spiro atoms. The van der Waals surface area contributed by atoms with Crippen molar-refractivity contribution in [1.29, 1.82) is 0 Å². The van der Waals surface area contributed by atoms with Crippen LogP contribution in [0.5, 0.6) is 0 Å². The van der Waals surface area contributed by atoms with Gasteiger partial charge in [0.2, 0.25) is 0 Å². The van der Waals surface area contributed by atoms with E-state index in [0.29, 0.717) is 0 Å². The monoisotopic (exact) mass is 248 g/mol. The minimum absolute atomic E-state index is 1.23. The van der Waals surface area contributed by atoms with E-state index in [2.05, 4.69) is 80.6 Å². The molecule has 0 heteroatoms. The average Bonchev–Trinajstić information content (AvgIpc) is 2.43. The summed E-state index contributed by atoms with van der Waals surface area (Å²) in [6, 6.07) is 13.2. The first kappa shape index (κ1) is 13.4. The van der Waals surface area contributed by atoms with Gasteiger partial charge in [0.05, 0.1) is 0 Å². The van der Waals surface area contributed by atoms with Crippen LogP contribution in [0.4, 0.5) is 0 Å². The van der Waals surface area contributed by atoms with Crippen LogP contribution >= 0.6 is 0 Å². The zero-order chi connectivity index (χ0) is 13.7. The Morgan fingerprint density at radius 3 is 2.37 bits per heavy atom. The summed E-state index contributed by atoms with van der Waals surface area (Å²) in [6.45, 7) is 6.22. The van der Waals surface area contributed by atoms with Gasteiger partial charge in [-0.15, -0.1) is 0 Å². The van der Waals surface area contributed by atoms with E-state index in [1.165, 1.54) is 27.5 Å². The lowest BCUT2D eigenvalue weighted by molar-refractivity contribution is 1.50. The molecular weight excluding hydrogens is 228 g/mol. The van der Waals surface area contributed by atoms with Crippen LogP contribution in [-0.4, -0.2) is 0 Å². The van der Waals surface area contributed by atoms with Crippen LogP contribution in [0.3, 0.4) is 0 Å². The molecule has 0 aromatic heterocycles. The highest BCUT2D eigenvalue weighted by atomic mass is 14.0. The van der Waals surface area contributed by atoms with E-state index in [9.17, 15) is 0 Å². The molecule has 0 amide bonds. The molecule has 0 atom stereocenters. The molecule has 0 aliphatic heterocycles. The maximum atomic E-state index is 2.23. The third-order valence-electron chi connectivity index (χ3n) is 3.18. The van der Waals surface area contributed by atoms with Gasteiger partial charge in [0.1, 0.15) is 0 Å². The second-order valence-corrected chi connectivity index (χ2v) is 4.73. The Kier molecular flexibility index (Phi) is 4.35. The Balaban J connectivity index is 2.31. The Morgan fingerprint density at radius 2 is 1.63 bits per heavy atom. The van der Waals surface area contributed by atoms with Gasteiger partial charge < -0.3 is 0 Å². The van der Waals surface area contributed by atoms with Gasteiger partial charge >= 0.3 is 0 Å². The quantitative estimate of drug-likeness (QED) is 0.613. The van der Waals surface area contributed by atoms with E-state index in [4.69, 9.17) is 0 Å². The molecule has 2 aromatic carbocycles. The summed E-state index contributed by atoms with van der Waals surface area (Å²) < 4.78 is 0. The zero-order valence-corrected chi connectivity index (χ0v) is 11.9. The van der Waals surface area contributed by atoms with Gasteiger partial charge in [-0.05, 0) is 48.7 Å². The van der Waals surface area contributed by atoms with Gasteiger partial charge in [0.25, 0.3) is 0 Å². The van der Waals surface area contributed by atoms with Gasteiger partial charge in [-0.3, -0.25) is 0 Å². The molecule has 2 aromatic rings. The third-order valence-corrected chi connectivity index (χ3v) is 3.18. The lowest BCUT2D eigenvalue weighted by Gasteiger charge is -2.01. The van der Waals surface area contributed by atoms with Crippen molar-refractivity contribution in [3.63, 3.8) is 0 Å². The molecular formula is C19H20. The number of benzene rings is 2. The van der Waals surface area contributed by atoms with Gasteiger partial charge in [0.15, 0.2) is 0 Å². The number of aryl methyl sites for hydroxylation is 1. The van der Waals surface area contributed by atoms with E-state index in [1.807, 2.05) is 6.92 Å². The summed E-state index contributed by atoms with van der Waals surface area (Å²) in [6.07, 6.45) is 10.6. The Bertz CT molecular complexity index is 655. The number of rotatable bonds is 3. The number of fused-ring (bicyclic) bond motifs is 1. The first-order chi connectivity index (χ1) is 9.22. The van der Waals surface area contributed by atoms with E-state index in [1.54, 1.807) is 0 Å². The SMILES string of the molecule is C\C=C/C(/C=C/c1ccc2cc(C)ccc2c1)=C\C. The molecule has 0 heterocycles. The molecule has 0 radical (unpaired) electrons. The van der Waals surface area contributed by atoms with Gasteiger partial charge in [0, 0.05) is 0 Å². The molecule has 0 aliphatic carbocycles. The summed E-state index contributed by atoms with van der Waals surface area (Å²) in [5.41, 5.74) is 3.77. The summed E-state index contributed by atoms with van der Waals surface area (Å²) in [5, 5.41) is 2.60. The molecule has 0 fully saturated rings. The Morgan fingerprint density at radius 1 is 0.895 bits per heavy atom. The van der Waals surface area contributed by atoms with Gasteiger partial charge in [-0.1, -0.05) is 66.3 Å². The van der Waals surface area contributed by atoms with Crippen molar-refractivity contribution in [3.05, 3.63) is 77.4 Å². The molecule has 0 nitrogen and oxygen atoms in total. The van der Waals surface area contributed by atoms with E-state index in [0.717, 1.165) is 0 Å². The predicted molar refractivity (Wildman–Crippen MR) is 86.3 cm³/mol. The maximum absolute atomic E-state index is 2.23. The van der Waals surface area contributed by atoms with Crippen molar-refractivity contribution in [3.8, 4) is 0 Å². The van der Waals surface area contributed by atoms with Crippen LogP contribution in [0, 0.1) is 6.92 Å². The van der Waals surface area contributed by atoms with Crippen LogP contribution in [-0.2, 0) is 0 Å². The minimum Gasteiger partial charge on any atom is -0.0871 e. The highest BCUT2D eigenvalue weighted by molar-refractivity contribution is 5.85. The van der Waals surface area contributed by atoms with Crippen LogP contribution in [0.2, 0.25) is 0 Å². The Labute approximate surface area is 115 Å². The highest BCUT2D eigenvalue weighted by Crippen LogP contribution is 2.19. The van der Waals surface area contributed by atoms with Gasteiger partial charge in [-0.2, -0.15) is 0 Å². The lowest BCUT2D eigenvalue weighted by Crippen LogP contribution is -1.78. The summed E-state index contributed by atoms with van der Waals surface area (Å²) >= 11 is 0. The lowest BCUT2D eigenvalue weighted by atomic mass is 10.0. The number of hydrogen-bond acceptors (Lipinski definition) is 0. The minimum atomic E-state index is 1.23. The van der Waals surface area contributed by atoms with Crippen LogP contribution in [0.15, 0.2) is 66.3 Å². The van der Waals surface area contributed by atoms with Crippen molar-refractivity contribution < 1.29 is 0 Å². The van der Waals surface area contributed by atoms with E-state index < -0.39 is 0 Å². The molecule has 96 valence electrons.